The van der Waals surface area contributed by atoms with Crippen LogP contribution in [0.15, 0.2) is 52.5 Å². The molecule has 1 atom stereocenters. The summed E-state index contributed by atoms with van der Waals surface area (Å²) in [6.07, 6.45) is 6.54. The minimum absolute atomic E-state index is 0.245. The van der Waals surface area contributed by atoms with E-state index in [9.17, 15) is 8.42 Å². The van der Waals surface area contributed by atoms with Crippen LogP contribution in [0.25, 0.3) is 0 Å². The molecule has 1 aliphatic heterocycles. The largest absolute Gasteiger partial charge is 0.243 e. The SMILES string of the molecule is Cc1ccc(S(=O)(=O)N2CC3=C(C(C)C)CCC=C[C@H]3C2)cc1. The number of aryl methyl sites for hydroxylation is 1. The number of benzene rings is 1. The minimum atomic E-state index is -3.41. The van der Waals surface area contributed by atoms with Crippen LogP contribution in [-0.2, 0) is 10.0 Å². The molecule has 2 aliphatic rings. The fraction of sp³-hybridized carbons (Fsp3) is 0.474. The van der Waals surface area contributed by atoms with Crippen molar-refractivity contribution in [3.8, 4) is 0 Å². The van der Waals surface area contributed by atoms with Gasteiger partial charge in [-0.2, -0.15) is 4.31 Å². The zero-order valence-electron chi connectivity index (χ0n) is 14.1. The first-order valence-electron chi connectivity index (χ1n) is 8.35. The average Bonchev–Trinajstić information content (AvgIpc) is 2.82. The molecule has 0 N–H and O–H groups in total. The van der Waals surface area contributed by atoms with Gasteiger partial charge in [0.05, 0.1) is 4.90 Å². The highest BCUT2D eigenvalue weighted by Gasteiger charge is 2.36. The Hall–Kier alpha value is -1.39. The van der Waals surface area contributed by atoms with Crippen LogP contribution in [0.3, 0.4) is 0 Å². The molecule has 4 heteroatoms. The van der Waals surface area contributed by atoms with Crippen LogP contribution in [-0.4, -0.2) is 25.8 Å². The molecule has 0 bridgehead atoms. The van der Waals surface area contributed by atoms with Crippen LogP contribution in [0.5, 0.6) is 0 Å². The molecule has 3 rings (SSSR count). The summed E-state index contributed by atoms with van der Waals surface area (Å²) in [5.41, 5.74) is 3.84. The summed E-state index contributed by atoms with van der Waals surface area (Å²) < 4.78 is 27.5. The molecule has 124 valence electrons. The molecule has 0 spiro atoms. The summed E-state index contributed by atoms with van der Waals surface area (Å²) in [6, 6.07) is 7.15. The third kappa shape index (κ3) is 3.15. The second kappa shape index (κ2) is 6.25. The van der Waals surface area contributed by atoms with E-state index in [0.717, 1.165) is 18.4 Å². The fourth-order valence-corrected chi connectivity index (χ4v) is 5.02. The number of nitrogens with zero attached hydrogens (tertiary/aromatic N) is 1. The minimum Gasteiger partial charge on any atom is -0.207 e. The van der Waals surface area contributed by atoms with E-state index < -0.39 is 10.0 Å². The lowest BCUT2D eigenvalue weighted by Gasteiger charge is -2.17. The monoisotopic (exact) mass is 331 g/mol. The normalized spacial score (nSPS) is 22.5. The Kier molecular flexibility index (Phi) is 4.47. The van der Waals surface area contributed by atoms with Gasteiger partial charge in [-0.3, -0.25) is 0 Å². The highest BCUT2D eigenvalue weighted by Crippen LogP contribution is 2.36. The van der Waals surface area contributed by atoms with Gasteiger partial charge in [-0.1, -0.05) is 49.3 Å². The van der Waals surface area contributed by atoms with Crippen molar-refractivity contribution < 1.29 is 8.42 Å². The number of fused-ring (bicyclic) bond motifs is 1. The highest BCUT2D eigenvalue weighted by molar-refractivity contribution is 7.89. The van der Waals surface area contributed by atoms with Crippen molar-refractivity contribution in [2.45, 2.75) is 38.5 Å². The summed E-state index contributed by atoms with van der Waals surface area (Å²) in [7, 11) is -3.41. The first-order chi connectivity index (χ1) is 10.9. The molecule has 0 saturated carbocycles. The van der Waals surface area contributed by atoms with Crippen LogP contribution in [0, 0.1) is 18.8 Å². The van der Waals surface area contributed by atoms with E-state index in [1.54, 1.807) is 16.4 Å². The maximum Gasteiger partial charge on any atom is 0.243 e. The summed E-state index contributed by atoms with van der Waals surface area (Å²) in [4.78, 5) is 0.398. The molecule has 23 heavy (non-hydrogen) atoms. The molecule has 1 aromatic carbocycles. The Morgan fingerprint density at radius 2 is 1.87 bits per heavy atom. The molecule has 0 radical (unpaired) electrons. The van der Waals surface area contributed by atoms with E-state index in [1.807, 2.05) is 19.1 Å². The molecular formula is C19H25NO2S. The topological polar surface area (TPSA) is 37.4 Å². The number of hydrogen-bond donors (Lipinski definition) is 0. The zero-order valence-corrected chi connectivity index (χ0v) is 14.9. The van der Waals surface area contributed by atoms with Gasteiger partial charge < -0.3 is 0 Å². The Balaban J connectivity index is 1.94. The Bertz CT molecular complexity index is 742. The molecule has 1 aliphatic carbocycles. The molecular weight excluding hydrogens is 306 g/mol. The molecule has 1 fully saturated rings. The third-order valence-corrected chi connectivity index (χ3v) is 6.74. The average molecular weight is 331 g/mol. The lowest BCUT2D eigenvalue weighted by molar-refractivity contribution is 0.470. The van der Waals surface area contributed by atoms with Gasteiger partial charge in [-0.05, 0) is 43.4 Å². The molecule has 0 aromatic heterocycles. The van der Waals surface area contributed by atoms with Gasteiger partial charge in [-0.25, -0.2) is 8.42 Å². The van der Waals surface area contributed by atoms with Gasteiger partial charge in [0.15, 0.2) is 0 Å². The highest BCUT2D eigenvalue weighted by atomic mass is 32.2. The van der Waals surface area contributed by atoms with Crippen molar-refractivity contribution in [2.24, 2.45) is 11.8 Å². The van der Waals surface area contributed by atoms with Crippen LogP contribution in [0.2, 0.25) is 0 Å². The number of hydrogen-bond acceptors (Lipinski definition) is 2. The maximum atomic E-state index is 12.9. The third-order valence-electron chi connectivity index (χ3n) is 4.91. The molecule has 1 saturated heterocycles. The van der Waals surface area contributed by atoms with Crippen molar-refractivity contribution in [1.29, 1.82) is 0 Å². The molecule has 3 nitrogen and oxygen atoms in total. The fourth-order valence-electron chi connectivity index (χ4n) is 3.58. The van der Waals surface area contributed by atoms with Gasteiger partial charge in [0, 0.05) is 19.0 Å². The van der Waals surface area contributed by atoms with Crippen molar-refractivity contribution >= 4 is 10.0 Å². The van der Waals surface area contributed by atoms with Gasteiger partial charge >= 0.3 is 0 Å². The van der Waals surface area contributed by atoms with Crippen molar-refractivity contribution in [2.75, 3.05) is 13.1 Å². The Morgan fingerprint density at radius 1 is 1.17 bits per heavy atom. The summed E-state index contributed by atoms with van der Waals surface area (Å²) in [6.45, 7) is 7.50. The standard InChI is InChI=1S/C19H25NO2S/c1-14(2)18-7-5-4-6-16-12-20(13-19(16)18)23(21,22)17-10-8-15(3)9-11-17/h4,6,8-11,14,16H,5,7,12-13H2,1-3H3/t16-/m0/s1. The van der Waals surface area contributed by atoms with Crippen molar-refractivity contribution in [3.63, 3.8) is 0 Å². The predicted octanol–water partition coefficient (Wildman–Crippen LogP) is 3.92. The number of sulfonamides is 1. The van der Waals surface area contributed by atoms with E-state index in [-0.39, 0.29) is 5.92 Å². The lowest BCUT2D eigenvalue weighted by atomic mass is 9.90. The Morgan fingerprint density at radius 3 is 2.52 bits per heavy atom. The van der Waals surface area contributed by atoms with E-state index in [2.05, 4.69) is 26.0 Å². The first-order valence-corrected chi connectivity index (χ1v) is 9.79. The van der Waals surface area contributed by atoms with Gasteiger partial charge in [0.2, 0.25) is 10.0 Å². The zero-order chi connectivity index (χ0) is 16.6. The summed E-state index contributed by atoms with van der Waals surface area (Å²) in [5.74, 6) is 0.726. The quantitative estimate of drug-likeness (QED) is 0.787. The Labute approximate surface area is 139 Å². The van der Waals surface area contributed by atoms with Crippen LogP contribution >= 0.6 is 0 Å². The molecule has 0 amide bonds. The van der Waals surface area contributed by atoms with Gasteiger partial charge in [0.25, 0.3) is 0 Å². The second-order valence-electron chi connectivity index (χ2n) is 6.89. The number of rotatable bonds is 3. The molecule has 0 unspecified atom stereocenters. The first kappa shape index (κ1) is 16.5. The van der Waals surface area contributed by atoms with Crippen molar-refractivity contribution in [1.82, 2.24) is 4.31 Å². The molecule has 1 aromatic rings. The lowest BCUT2D eigenvalue weighted by Crippen LogP contribution is -2.28. The van der Waals surface area contributed by atoms with Crippen LogP contribution in [0.1, 0.15) is 32.3 Å². The maximum absolute atomic E-state index is 12.9. The van der Waals surface area contributed by atoms with Gasteiger partial charge in [-0.15, -0.1) is 0 Å². The number of allylic oxidation sites excluding steroid dienone is 2. The van der Waals surface area contributed by atoms with Crippen LogP contribution in [0.4, 0.5) is 0 Å². The van der Waals surface area contributed by atoms with Crippen LogP contribution < -0.4 is 0 Å². The molecule has 1 heterocycles. The van der Waals surface area contributed by atoms with Gasteiger partial charge in [0.1, 0.15) is 0 Å². The second-order valence-corrected chi connectivity index (χ2v) is 8.83. The summed E-state index contributed by atoms with van der Waals surface area (Å²) in [5, 5.41) is 0. The van der Waals surface area contributed by atoms with E-state index in [4.69, 9.17) is 0 Å². The van der Waals surface area contributed by atoms with Crippen molar-refractivity contribution in [3.05, 3.63) is 53.1 Å². The smallest absolute Gasteiger partial charge is 0.207 e. The predicted molar refractivity (Wildman–Crippen MR) is 93.7 cm³/mol. The van der Waals surface area contributed by atoms with E-state index >= 15 is 0 Å². The summed E-state index contributed by atoms with van der Waals surface area (Å²) >= 11 is 0. The van der Waals surface area contributed by atoms with E-state index in [0.29, 0.717) is 23.9 Å². The van der Waals surface area contributed by atoms with E-state index in [1.165, 1.54) is 11.1 Å².